The molecule has 31 heavy (non-hydrogen) atoms. The van der Waals surface area contributed by atoms with Crippen molar-refractivity contribution in [1.82, 2.24) is 15.0 Å². The van der Waals surface area contributed by atoms with Crippen LogP contribution in [0.15, 0.2) is 79.1 Å². The molecular weight excluding hydrogens is 391 g/mol. The van der Waals surface area contributed by atoms with Crippen LogP contribution < -0.4 is 9.64 Å². The van der Waals surface area contributed by atoms with Crippen LogP contribution in [0.5, 0.6) is 5.75 Å². The zero-order valence-corrected chi connectivity index (χ0v) is 16.9. The summed E-state index contributed by atoms with van der Waals surface area (Å²) in [5.74, 6) is 0.868. The van der Waals surface area contributed by atoms with Gasteiger partial charge in [0.2, 0.25) is 0 Å². The molecule has 154 valence electrons. The Labute approximate surface area is 180 Å². The third-order valence-electron chi connectivity index (χ3n) is 5.33. The maximum absolute atomic E-state index is 14.0. The average molecular weight is 412 g/mol. The summed E-state index contributed by atoms with van der Waals surface area (Å²) < 4.78 is 20.0. The molecular formula is C25H21FN4O. The third-order valence-corrected chi connectivity index (χ3v) is 5.33. The van der Waals surface area contributed by atoms with Crippen LogP contribution in [0.2, 0.25) is 0 Å². The van der Waals surface area contributed by atoms with E-state index in [1.807, 2.05) is 54.7 Å². The molecule has 5 nitrogen and oxygen atoms in total. The van der Waals surface area contributed by atoms with Gasteiger partial charge in [0.25, 0.3) is 0 Å². The van der Waals surface area contributed by atoms with Crippen LogP contribution in [-0.2, 0) is 19.6 Å². The van der Waals surface area contributed by atoms with Gasteiger partial charge in [-0.25, -0.2) is 14.4 Å². The zero-order valence-electron chi connectivity index (χ0n) is 16.9. The smallest absolute Gasteiger partial charge is 0.178 e. The fraction of sp³-hybridized carbons (Fsp3) is 0.160. The van der Waals surface area contributed by atoms with E-state index in [4.69, 9.17) is 9.72 Å². The second-order valence-corrected chi connectivity index (χ2v) is 7.44. The number of anilines is 1. The molecule has 0 bridgehead atoms. The summed E-state index contributed by atoms with van der Waals surface area (Å²) in [6.45, 7) is 1.79. The van der Waals surface area contributed by atoms with Gasteiger partial charge < -0.3 is 9.64 Å². The molecule has 3 heterocycles. The summed E-state index contributed by atoms with van der Waals surface area (Å²) in [6, 6.07) is 20.3. The first-order valence-electron chi connectivity index (χ1n) is 10.2. The van der Waals surface area contributed by atoms with Crippen molar-refractivity contribution >= 4 is 5.69 Å². The number of hydrogen-bond donors (Lipinski definition) is 0. The average Bonchev–Trinajstić information content (AvgIpc) is 2.83. The Morgan fingerprint density at radius 1 is 0.968 bits per heavy atom. The number of ether oxygens (including phenoxy) is 1. The highest BCUT2D eigenvalue weighted by molar-refractivity contribution is 5.60. The molecule has 2 aromatic carbocycles. The number of benzene rings is 2. The normalized spacial score (nSPS) is 13.0. The molecule has 0 spiro atoms. The third kappa shape index (κ3) is 4.23. The minimum absolute atomic E-state index is 0.312. The molecule has 1 aliphatic heterocycles. The molecule has 0 fully saturated rings. The van der Waals surface area contributed by atoms with Gasteiger partial charge in [-0.05, 0) is 29.8 Å². The summed E-state index contributed by atoms with van der Waals surface area (Å²) in [6.07, 6.45) is 4.38. The van der Waals surface area contributed by atoms with Gasteiger partial charge in [-0.2, -0.15) is 0 Å². The molecule has 2 aromatic heterocycles. The highest BCUT2D eigenvalue weighted by Gasteiger charge is 2.22. The number of pyridine rings is 1. The first kappa shape index (κ1) is 19.2. The fourth-order valence-electron chi connectivity index (χ4n) is 3.74. The Morgan fingerprint density at radius 3 is 2.68 bits per heavy atom. The first-order valence-corrected chi connectivity index (χ1v) is 10.2. The van der Waals surface area contributed by atoms with Crippen molar-refractivity contribution in [2.75, 3.05) is 11.4 Å². The number of halogens is 1. The Bertz CT molecular complexity index is 1180. The van der Waals surface area contributed by atoms with Crippen LogP contribution in [0.3, 0.4) is 0 Å². The van der Waals surface area contributed by atoms with E-state index >= 15 is 0 Å². The molecule has 4 aromatic rings. The fourth-order valence-corrected chi connectivity index (χ4v) is 3.74. The lowest BCUT2D eigenvalue weighted by Crippen LogP contribution is -2.31. The van der Waals surface area contributed by atoms with E-state index in [2.05, 4.69) is 14.9 Å². The van der Waals surface area contributed by atoms with Crippen LogP contribution >= 0.6 is 0 Å². The molecule has 0 N–H and O–H groups in total. The van der Waals surface area contributed by atoms with Crippen molar-refractivity contribution in [3.63, 3.8) is 0 Å². The van der Waals surface area contributed by atoms with Gasteiger partial charge in [0, 0.05) is 43.5 Å². The molecule has 0 amide bonds. The maximum Gasteiger partial charge on any atom is 0.178 e. The number of aromatic nitrogens is 3. The summed E-state index contributed by atoms with van der Waals surface area (Å²) in [7, 11) is 0. The first-order chi connectivity index (χ1) is 15.3. The van der Waals surface area contributed by atoms with Gasteiger partial charge in [-0.15, -0.1) is 0 Å². The number of rotatable bonds is 5. The van der Waals surface area contributed by atoms with E-state index < -0.39 is 0 Å². The Balaban J connectivity index is 1.37. The molecule has 6 heteroatoms. The minimum atomic E-state index is -0.312. The topological polar surface area (TPSA) is 51.1 Å². The van der Waals surface area contributed by atoms with Crippen molar-refractivity contribution in [2.45, 2.75) is 19.6 Å². The molecule has 0 saturated carbocycles. The van der Waals surface area contributed by atoms with Crippen molar-refractivity contribution in [3.8, 4) is 17.3 Å². The second kappa shape index (κ2) is 8.52. The molecule has 0 atom stereocenters. The molecule has 0 saturated heterocycles. The standard InChI is InChI=1S/C25H21FN4O/c26-20-9-10-23(24(14-20)31-17-18-6-2-1-3-7-18)30-13-11-21-19(16-30)15-28-25(29-21)22-8-4-5-12-27-22/h1-10,12,14-15H,11,13,16-17H2. The van der Waals surface area contributed by atoms with E-state index in [0.717, 1.165) is 41.2 Å². The van der Waals surface area contributed by atoms with Crippen LogP contribution in [-0.4, -0.2) is 21.5 Å². The van der Waals surface area contributed by atoms with Gasteiger partial charge in [-0.3, -0.25) is 4.98 Å². The SMILES string of the molecule is Fc1ccc(N2CCc3nc(-c4ccccn4)ncc3C2)c(OCc2ccccc2)c1. The zero-order chi connectivity index (χ0) is 21.0. The number of fused-ring (bicyclic) bond motifs is 1. The van der Waals surface area contributed by atoms with E-state index in [1.165, 1.54) is 12.1 Å². The Morgan fingerprint density at radius 2 is 1.84 bits per heavy atom. The molecule has 5 rings (SSSR count). The quantitative estimate of drug-likeness (QED) is 0.470. The lowest BCUT2D eigenvalue weighted by molar-refractivity contribution is 0.304. The molecule has 0 unspecified atom stereocenters. The van der Waals surface area contributed by atoms with Crippen molar-refractivity contribution in [2.24, 2.45) is 0 Å². The van der Waals surface area contributed by atoms with Gasteiger partial charge >= 0.3 is 0 Å². The molecule has 0 aliphatic carbocycles. The van der Waals surface area contributed by atoms with Gasteiger partial charge in [-0.1, -0.05) is 36.4 Å². The Hall–Kier alpha value is -3.80. The highest BCUT2D eigenvalue weighted by Crippen LogP contribution is 2.33. The van der Waals surface area contributed by atoms with Crippen molar-refractivity contribution < 1.29 is 9.13 Å². The summed E-state index contributed by atoms with van der Waals surface area (Å²) in [5, 5.41) is 0. The lowest BCUT2D eigenvalue weighted by atomic mass is 10.1. The van der Waals surface area contributed by atoms with E-state index in [9.17, 15) is 4.39 Å². The number of nitrogens with zero attached hydrogens (tertiary/aromatic N) is 4. The highest BCUT2D eigenvalue weighted by atomic mass is 19.1. The second-order valence-electron chi connectivity index (χ2n) is 7.44. The van der Waals surface area contributed by atoms with Crippen LogP contribution in [0.4, 0.5) is 10.1 Å². The molecule has 0 radical (unpaired) electrons. The summed E-state index contributed by atoms with van der Waals surface area (Å²) in [5.41, 5.74) is 4.77. The molecule has 1 aliphatic rings. The summed E-state index contributed by atoms with van der Waals surface area (Å²) in [4.78, 5) is 15.8. The van der Waals surface area contributed by atoms with Crippen molar-refractivity contribution in [1.29, 1.82) is 0 Å². The van der Waals surface area contributed by atoms with E-state index in [-0.39, 0.29) is 5.82 Å². The predicted molar refractivity (Wildman–Crippen MR) is 117 cm³/mol. The lowest BCUT2D eigenvalue weighted by Gasteiger charge is -2.31. The summed E-state index contributed by atoms with van der Waals surface area (Å²) >= 11 is 0. The maximum atomic E-state index is 14.0. The van der Waals surface area contributed by atoms with Crippen LogP contribution in [0.25, 0.3) is 11.5 Å². The van der Waals surface area contributed by atoms with Crippen LogP contribution in [0.1, 0.15) is 16.8 Å². The predicted octanol–water partition coefficient (Wildman–Crippen LogP) is 4.82. The van der Waals surface area contributed by atoms with Gasteiger partial charge in [0.05, 0.1) is 11.4 Å². The monoisotopic (exact) mass is 412 g/mol. The van der Waals surface area contributed by atoms with E-state index in [0.29, 0.717) is 24.7 Å². The number of hydrogen-bond acceptors (Lipinski definition) is 5. The largest absolute Gasteiger partial charge is 0.487 e. The Kier molecular flexibility index (Phi) is 5.27. The van der Waals surface area contributed by atoms with E-state index in [1.54, 1.807) is 12.3 Å². The minimum Gasteiger partial charge on any atom is -0.487 e. The van der Waals surface area contributed by atoms with Crippen molar-refractivity contribution in [3.05, 3.63) is 102 Å². The van der Waals surface area contributed by atoms with Crippen LogP contribution in [0, 0.1) is 5.82 Å². The van der Waals surface area contributed by atoms with Gasteiger partial charge in [0.15, 0.2) is 5.82 Å². The van der Waals surface area contributed by atoms with Gasteiger partial charge in [0.1, 0.15) is 23.9 Å².